The van der Waals surface area contributed by atoms with Gasteiger partial charge in [-0.2, -0.15) is 34.9 Å². The Morgan fingerprint density at radius 2 is 1.41 bits per heavy atom. The van der Waals surface area contributed by atoms with Crippen molar-refractivity contribution >= 4 is 3.21 Å². The van der Waals surface area contributed by atoms with Gasteiger partial charge in [0.05, 0.1) is 0 Å². The SMILES string of the molecule is CC1[C-]=CC(C2(C)C3CC4CC(C3)CC2C4)=C1.CC[C](=[Zr+2])c1ccccc1.Cc1[c-]c2c(cc1C)-c1cc(C)c(C)cc1C2.[Cl-].[Cl-]. The number of halogens is 2. The van der Waals surface area contributed by atoms with Crippen LogP contribution in [0, 0.1) is 74.8 Å². The van der Waals surface area contributed by atoms with Gasteiger partial charge in [-0.05, 0) is 92.7 Å². The molecule has 3 aromatic carbocycles. The first kappa shape index (κ1) is 37.3. The van der Waals surface area contributed by atoms with Crippen LogP contribution in [0.2, 0.25) is 0 Å². The molecule has 4 saturated carbocycles. The Morgan fingerprint density at radius 1 is 0.826 bits per heavy atom. The van der Waals surface area contributed by atoms with E-state index in [0.29, 0.717) is 11.3 Å². The number of allylic oxidation sites excluding steroid dienone is 4. The molecular weight excluding hydrogens is 679 g/mol. The molecule has 3 heteroatoms. The second-order valence-corrected chi connectivity index (χ2v) is 16.2. The van der Waals surface area contributed by atoms with E-state index in [-0.39, 0.29) is 24.8 Å². The third-order valence-electron chi connectivity index (χ3n) is 11.9. The molecule has 1 atom stereocenters. The van der Waals surface area contributed by atoms with Gasteiger partial charge in [0, 0.05) is 0 Å². The molecule has 242 valence electrons. The van der Waals surface area contributed by atoms with Crippen molar-refractivity contribution in [2.75, 3.05) is 0 Å². The molecule has 0 radical (unpaired) electrons. The number of aryl methyl sites for hydroxylation is 4. The summed E-state index contributed by atoms with van der Waals surface area (Å²) in [4.78, 5) is 0. The molecule has 9 rings (SSSR count). The van der Waals surface area contributed by atoms with E-state index in [2.05, 4.69) is 121 Å². The Balaban J connectivity index is 0.000000159. The normalized spacial score (nSPS) is 27.2. The summed E-state index contributed by atoms with van der Waals surface area (Å²) in [5.74, 6) is 4.68. The minimum atomic E-state index is 0. The predicted molar refractivity (Wildman–Crippen MR) is 184 cm³/mol. The van der Waals surface area contributed by atoms with Gasteiger partial charge in [-0.25, -0.2) is 6.08 Å². The summed E-state index contributed by atoms with van der Waals surface area (Å²) < 4.78 is 1.55. The summed E-state index contributed by atoms with van der Waals surface area (Å²) in [6, 6.07) is 21.1. The first-order chi connectivity index (χ1) is 21.1. The van der Waals surface area contributed by atoms with Crippen molar-refractivity contribution in [3.05, 3.63) is 117 Å². The van der Waals surface area contributed by atoms with Crippen LogP contribution in [0.25, 0.3) is 11.1 Å². The molecule has 0 nitrogen and oxygen atoms in total. The fourth-order valence-electron chi connectivity index (χ4n) is 9.05. The van der Waals surface area contributed by atoms with Gasteiger partial charge in [-0.15, -0.1) is 11.1 Å². The first-order valence-corrected chi connectivity index (χ1v) is 18.4. The van der Waals surface area contributed by atoms with Crippen molar-refractivity contribution in [2.24, 2.45) is 35.0 Å². The molecule has 0 heterocycles. The molecule has 0 saturated heterocycles. The van der Waals surface area contributed by atoms with Gasteiger partial charge in [0.25, 0.3) is 0 Å². The van der Waals surface area contributed by atoms with Crippen molar-refractivity contribution in [1.82, 2.24) is 0 Å². The average molecular weight is 729 g/mol. The van der Waals surface area contributed by atoms with E-state index in [0.717, 1.165) is 30.1 Å². The number of hydrogen-bond acceptors (Lipinski definition) is 0. The summed E-state index contributed by atoms with van der Waals surface area (Å²) in [6.07, 6.45) is 18.2. The predicted octanol–water partition coefficient (Wildman–Crippen LogP) is 4.85. The van der Waals surface area contributed by atoms with E-state index in [1.807, 2.05) is 0 Å². The van der Waals surface area contributed by atoms with Gasteiger partial charge in [-0.3, -0.25) is 6.08 Å². The van der Waals surface area contributed by atoms with Crippen LogP contribution in [0.15, 0.2) is 66.3 Å². The molecule has 1 unspecified atom stereocenters. The zero-order valence-electron chi connectivity index (χ0n) is 28.9. The molecule has 3 aromatic rings. The second kappa shape index (κ2) is 15.4. The van der Waals surface area contributed by atoms with Crippen LogP contribution in [-0.2, 0) is 30.7 Å². The maximum Gasteiger partial charge on any atom is -0.0253 e. The zero-order chi connectivity index (χ0) is 31.2. The third kappa shape index (κ3) is 7.38. The van der Waals surface area contributed by atoms with E-state index in [1.165, 1.54) is 106 Å². The first-order valence-electron chi connectivity index (χ1n) is 17.1. The zero-order valence-corrected chi connectivity index (χ0v) is 32.8. The fourth-order valence-corrected chi connectivity index (χ4v) is 9.46. The summed E-state index contributed by atoms with van der Waals surface area (Å²) >= 11 is 1.54. The van der Waals surface area contributed by atoms with Crippen molar-refractivity contribution < 1.29 is 49.0 Å². The Kier molecular flexibility index (Phi) is 12.4. The van der Waals surface area contributed by atoms with E-state index in [9.17, 15) is 0 Å². The van der Waals surface area contributed by atoms with Gasteiger partial charge in [0.2, 0.25) is 0 Å². The van der Waals surface area contributed by atoms with Crippen molar-refractivity contribution in [1.29, 1.82) is 0 Å². The molecule has 46 heavy (non-hydrogen) atoms. The molecule has 4 bridgehead atoms. The third-order valence-corrected chi connectivity index (χ3v) is 13.4. The van der Waals surface area contributed by atoms with E-state index in [1.54, 1.807) is 15.2 Å². The molecule has 0 amide bonds. The molecule has 0 aromatic heterocycles. The summed E-state index contributed by atoms with van der Waals surface area (Å²) in [5.41, 5.74) is 14.6. The molecule has 6 aliphatic rings. The molecule has 0 spiro atoms. The quantitative estimate of drug-likeness (QED) is 0.265. The summed E-state index contributed by atoms with van der Waals surface area (Å²) in [5, 5.41) is 0. The Bertz CT molecular complexity index is 1530. The number of benzene rings is 3. The summed E-state index contributed by atoms with van der Waals surface area (Å²) in [7, 11) is 0. The summed E-state index contributed by atoms with van der Waals surface area (Å²) in [6.45, 7) is 15.7. The van der Waals surface area contributed by atoms with Gasteiger partial charge in [-0.1, -0.05) is 56.7 Å². The standard InChI is InChI=1S/C17H23.C17H17.C9H10.2ClH.Zr/c1-11-3-4-14(5-11)17(2)15-7-12-6-13(9-15)10-16(17)8-12;1-10-5-14-9-15-6-11(2)13(4)8-17(15)16(14)7-12(10)3;1-2-6-9-7-4-3-5-8-9;;;/h4-5,11-13,15-16H,6-10H2,1-2H3;5,7-8H,9H2,1-4H3;3-5,7-8H,2H2,1H3;2*1H;/q2*-1;;;;+2/p-2. The van der Waals surface area contributed by atoms with Crippen molar-refractivity contribution in [2.45, 2.75) is 93.4 Å². The van der Waals surface area contributed by atoms with Crippen LogP contribution in [0.5, 0.6) is 0 Å². The molecule has 6 aliphatic carbocycles. The maximum absolute atomic E-state index is 3.54. The number of hydrogen-bond donors (Lipinski definition) is 0. The molecule has 4 fully saturated rings. The van der Waals surface area contributed by atoms with Crippen LogP contribution in [0.1, 0.15) is 98.2 Å². The minimum Gasteiger partial charge on any atom is -1.00 e. The number of fused-ring (bicyclic) bond motifs is 3. The monoisotopic (exact) mass is 726 g/mol. The van der Waals surface area contributed by atoms with Gasteiger partial charge >= 0.3 is 76.7 Å². The van der Waals surface area contributed by atoms with E-state index < -0.39 is 0 Å². The Hall–Kier alpha value is -1.53. The van der Waals surface area contributed by atoms with Gasteiger partial charge in [0.15, 0.2) is 0 Å². The van der Waals surface area contributed by atoms with Crippen molar-refractivity contribution in [3.8, 4) is 11.1 Å². The topological polar surface area (TPSA) is 0 Å². The Morgan fingerprint density at radius 3 is 1.98 bits per heavy atom. The average Bonchev–Trinajstić information content (AvgIpc) is 3.60. The maximum atomic E-state index is 3.54. The Labute approximate surface area is 307 Å². The fraction of sp³-hybridized carbons (Fsp3) is 0.465. The molecule has 0 N–H and O–H groups in total. The van der Waals surface area contributed by atoms with Gasteiger partial charge < -0.3 is 24.8 Å². The number of rotatable bonds is 3. The van der Waals surface area contributed by atoms with E-state index in [4.69, 9.17) is 0 Å². The molecular formula is C43H50Cl2Zr-2. The largest absolute Gasteiger partial charge is 1.00 e. The van der Waals surface area contributed by atoms with Crippen LogP contribution in [0.3, 0.4) is 0 Å². The van der Waals surface area contributed by atoms with Crippen LogP contribution >= 0.6 is 0 Å². The van der Waals surface area contributed by atoms with Crippen LogP contribution < -0.4 is 24.8 Å². The van der Waals surface area contributed by atoms with Crippen LogP contribution in [0.4, 0.5) is 0 Å². The van der Waals surface area contributed by atoms with Crippen molar-refractivity contribution in [3.63, 3.8) is 0 Å². The van der Waals surface area contributed by atoms with Gasteiger partial charge in [0.1, 0.15) is 0 Å². The second-order valence-electron chi connectivity index (χ2n) is 14.7. The molecule has 0 aliphatic heterocycles. The van der Waals surface area contributed by atoms with Crippen LogP contribution in [-0.4, -0.2) is 3.21 Å². The minimum absolute atomic E-state index is 0. The van der Waals surface area contributed by atoms with E-state index >= 15 is 0 Å². The smallest absolute Gasteiger partial charge is 0.0253 e.